The van der Waals surface area contributed by atoms with Gasteiger partial charge >= 0.3 is 0 Å². The number of methoxy groups -OCH3 is 1. The highest BCUT2D eigenvalue weighted by Gasteiger charge is 2.42. The van der Waals surface area contributed by atoms with E-state index in [1.807, 2.05) is 42.6 Å². The molecule has 9 nitrogen and oxygen atoms in total. The van der Waals surface area contributed by atoms with Crippen molar-refractivity contribution < 1.29 is 4.74 Å². The molecule has 27 heavy (non-hydrogen) atoms. The molecule has 138 valence electrons. The van der Waals surface area contributed by atoms with Gasteiger partial charge < -0.3 is 4.74 Å². The fraction of sp³-hybridized carbons (Fsp3) is 0.389. The average Bonchev–Trinajstić information content (AvgIpc) is 2.96. The lowest BCUT2D eigenvalue weighted by atomic mass is 10.1. The normalized spacial score (nSPS) is 19.0. The summed E-state index contributed by atoms with van der Waals surface area (Å²) in [6.07, 6.45) is 5.12. The molecule has 2 atom stereocenters. The molecular weight excluding hydrogens is 344 g/mol. The van der Waals surface area contributed by atoms with Crippen LogP contribution in [-0.2, 0) is 14.1 Å². The van der Waals surface area contributed by atoms with Crippen LogP contribution in [0.5, 0.6) is 5.88 Å². The smallest absolute Gasteiger partial charge is 0.256 e. The third-order valence-corrected chi connectivity index (χ3v) is 5.13. The molecule has 0 aliphatic heterocycles. The lowest BCUT2D eigenvalue weighted by Gasteiger charge is -2.00. The van der Waals surface area contributed by atoms with E-state index in [-0.39, 0.29) is 0 Å². The predicted octanol–water partition coefficient (Wildman–Crippen LogP) is 1.85. The van der Waals surface area contributed by atoms with Gasteiger partial charge in [0, 0.05) is 38.0 Å². The summed E-state index contributed by atoms with van der Waals surface area (Å²) < 4.78 is 10.6. The van der Waals surface area contributed by atoms with Crippen LogP contribution in [0, 0.1) is 6.92 Å². The van der Waals surface area contributed by atoms with Crippen molar-refractivity contribution in [3.8, 4) is 17.4 Å². The first-order valence-electron chi connectivity index (χ1n) is 8.84. The summed E-state index contributed by atoms with van der Waals surface area (Å²) in [7, 11) is 5.46. The molecule has 4 aromatic rings. The second-order valence-corrected chi connectivity index (χ2v) is 7.06. The van der Waals surface area contributed by atoms with E-state index < -0.39 is 0 Å². The molecule has 1 aliphatic rings. The Morgan fingerprint density at radius 3 is 2.70 bits per heavy atom. The molecule has 0 aromatic carbocycles. The Morgan fingerprint density at radius 1 is 1.11 bits per heavy atom. The SMILES string of the molecule is COc1cc(C)n2nc(-c3cc([C@@H]4CC4c4cnn(C)c4)nn3C)nc2n1. The van der Waals surface area contributed by atoms with Gasteiger partial charge in [-0.25, -0.2) is 4.52 Å². The zero-order chi connectivity index (χ0) is 18.7. The van der Waals surface area contributed by atoms with Crippen molar-refractivity contribution >= 4 is 5.78 Å². The van der Waals surface area contributed by atoms with Crippen molar-refractivity contribution in [2.75, 3.05) is 7.11 Å². The first kappa shape index (κ1) is 16.0. The molecule has 4 aromatic heterocycles. The minimum Gasteiger partial charge on any atom is -0.481 e. The van der Waals surface area contributed by atoms with E-state index in [1.54, 1.807) is 11.6 Å². The van der Waals surface area contributed by atoms with Crippen LogP contribution in [0.25, 0.3) is 17.3 Å². The highest BCUT2D eigenvalue weighted by Crippen LogP contribution is 2.54. The molecule has 1 unspecified atom stereocenters. The topological polar surface area (TPSA) is 88.0 Å². The van der Waals surface area contributed by atoms with Gasteiger partial charge in [0.2, 0.25) is 11.7 Å². The van der Waals surface area contributed by atoms with Crippen LogP contribution in [0.15, 0.2) is 24.5 Å². The Morgan fingerprint density at radius 2 is 1.96 bits per heavy atom. The summed E-state index contributed by atoms with van der Waals surface area (Å²) in [6, 6.07) is 3.92. The number of hydrogen-bond acceptors (Lipinski definition) is 6. The summed E-state index contributed by atoms with van der Waals surface area (Å²) >= 11 is 0. The van der Waals surface area contributed by atoms with Crippen molar-refractivity contribution in [3.63, 3.8) is 0 Å². The van der Waals surface area contributed by atoms with Crippen LogP contribution >= 0.6 is 0 Å². The molecule has 1 saturated carbocycles. The Labute approximate surface area is 155 Å². The average molecular weight is 364 g/mol. The van der Waals surface area contributed by atoms with Crippen molar-refractivity contribution in [3.05, 3.63) is 41.5 Å². The number of hydrogen-bond donors (Lipinski definition) is 0. The minimum atomic E-state index is 0.422. The highest BCUT2D eigenvalue weighted by molar-refractivity contribution is 5.54. The number of rotatable bonds is 4. The molecule has 4 heterocycles. The third kappa shape index (κ3) is 2.57. The fourth-order valence-electron chi connectivity index (χ4n) is 3.60. The maximum atomic E-state index is 5.22. The minimum absolute atomic E-state index is 0.422. The Hall–Kier alpha value is -3.23. The van der Waals surface area contributed by atoms with E-state index in [9.17, 15) is 0 Å². The molecule has 0 spiro atoms. The van der Waals surface area contributed by atoms with Crippen LogP contribution < -0.4 is 4.74 Å². The van der Waals surface area contributed by atoms with E-state index in [2.05, 4.69) is 32.4 Å². The Balaban J connectivity index is 1.48. The standard InChI is InChI=1S/C18H20N8O/c1-10-5-16(27-4)20-18-21-17(23-26(10)18)15-7-14(22-25(15)3)13-6-12(13)11-8-19-24(2)9-11/h5,7-9,12-13H,6H2,1-4H3/t12?,13-/m1/s1. The molecule has 0 N–H and O–H groups in total. The highest BCUT2D eigenvalue weighted by atomic mass is 16.5. The summed E-state index contributed by atoms with van der Waals surface area (Å²) in [5, 5.41) is 13.6. The predicted molar refractivity (Wildman–Crippen MR) is 97.6 cm³/mol. The molecule has 0 bridgehead atoms. The second-order valence-electron chi connectivity index (χ2n) is 7.06. The van der Waals surface area contributed by atoms with Crippen LogP contribution in [0.4, 0.5) is 0 Å². The van der Waals surface area contributed by atoms with Gasteiger partial charge in [-0.1, -0.05) is 0 Å². The van der Waals surface area contributed by atoms with Gasteiger partial charge in [-0.15, -0.1) is 5.10 Å². The van der Waals surface area contributed by atoms with Crippen LogP contribution in [0.2, 0.25) is 0 Å². The monoisotopic (exact) mass is 364 g/mol. The third-order valence-electron chi connectivity index (χ3n) is 5.13. The van der Waals surface area contributed by atoms with Gasteiger partial charge in [-0.05, 0) is 30.9 Å². The van der Waals surface area contributed by atoms with Crippen molar-refractivity contribution in [1.82, 2.24) is 39.1 Å². The van der Waals surface area contributed by atoms with E-state index in [0.29, 0.717) is 29.3 Å². The molecule has 0 radical (unpaired) electrons. The first-order valence-corrected chi connectivity index (χ1v) is 8.84. The van der Waals surface area contributed by atoms with Crippen LogP contribution in [-0.4, -0.2) is 46.3 Å². The molecule has 9 heteroatoms. The van der Waals surface area contributed by atoms with Gasteiger partial charge in [-0.3, -0.25) is 9.36 Å². The van der Waals surface area contributed by atoms with Crippen LogP contribution in [0.1, 0.15) is 35.2 Å². The lowest BCUT2D eigenvalue weighted by molar-refractivity contribution is 0.397. The van der Waals surface area contributed by atoms with E-state index in [0.717, 1.165) is 23.5 Å². The van der Waals surface area contributed by atoms with Gasteiger partial charge in [0.15, 0.2) is 0 Å². The summed E-state index contributed by atoms with van der Waals surface area (Å²) in [4.78, 5) is 8.94. The second kappa shape index (κ2) is 5.63. The number of ether oxygens (including phenoxy) is 1. The largest absolute Gasteiger partial charge is 0.481 e. The molecule has 5 rings (SSSR count). The molecular formula is C18H20N8O. The molecule has 0 saturated heterocycles. The van der Waals surface area contributed by atoms with Gasteiger partial charge in [0.1, 0.15) is 5.69 Å². The summed E-state index contributed by atoms with van der Waals surface area (Å²) in [5.74, 6) is 2.57. The van der Waals surface area contributed by atoms with E-state index in [1.165, 1.54) is 5.56 Å². The van der Waals surface area contributed by atoms with Gasteiger partial charge in [-0.2, -0.15) is 20.2 Å². The van der Waals surface area contributed by atoms with Gasteiger partial charge in [0.05, 0.1) is 19.0 Å². The van der Waals surface area contributed by atoms with Crippen molar-refractivity contribution in [1.29, 1.82) is 0 Å². The number of aromatic nitrogens is 8. The molecule has 1 aliphatic carbocycles. The van der Waals surface area contributed by atoms with Crippen LogP contribution in [0.3, 0.4) is 0 Å². The maximum Gasteiger partial charge on any atom is 0.256 e. The number of fused-ring (bicyclic) bond motifs is 1. The number of nitrogens with zero attached hydrogens (tertiary/aromatic N) is 8. The number of aryl methyl sites for hydroxylation is 3. The quantitative estimate of drug-likeness (QED) is 0.549. The van der Waals surface area contributed by atoms with Crippen molar-refractivity contribution in [2.24, 2.45) is 14.1 Å². The lowest BCUT2D eigenvalue weighted by Crippen LogP contribution is -1.98. The Bertz CT molecular complexity index is 1150. The molecule has 1 fully saturated rings. The first-order chi connectivity index (χ1) is 13.0. The molecule has 0 amide bonds. The van der Waals surface area contributed by atoms with E-state index in [4.69, 9.17) is 9.84 Å². The Kier molecular flexibility index (Phi) is 3.33. The fourth-order valence-corrected chi connectivity index (χ4v) is 3.60. The van der Waals surface area contributed by atoms with E-state index >= 15 is 0 Å². The van der Waals surface area contributed by atoms with Gasteiger partial charge in [0.25, 0.3) is 5.78 Å². The van der Waals surface area contributed by atoms with Crippen molar-refractivity contribution in [2.45, 2.75) is 25.2 Å². The summed E-state index contributed by atoms with van der Waals surface area (Å²) in [5.41, 5.74) is 4.14. The zero-order valence-electron chi connectivity index (χ0n) is 15.7. The summed E-state index contributed by atoms with van der Waals surface area (Å²) in [6.45, 7) is 1.95. The maximum absolute atomic E-state index is 5.22. The zero-order valence-corrected chi connectivity index (χ0v) is 15.7.